The van der Waals surface area contributed by atoms with Crippen molar-refractivity contribution in [1.29, 1.82) is 0 Å². The Morgan fingerprint density at radius 3 is 1.08 bits per heavy atom. The summed E-state index contributed by atoms with van der Waals surface area (Å²) in [5.74, 6) is 0. The Bertz CT molecular complexity index is 151. The Morgan fingerprint density at radius 1 is 0.923 bits per heavy atom. The summed E-state index contributed by atoms with van der Waals surface area (Å²) in [6.45, 7) is 0. The quantitative estimate of drug-likeness (QED) is 0.372. The molecule has 70 valence electrons. The van der Waals surface area contributed by atoms with Gasteiger partial charge in [-0.25, -0.2) is 12.0 Å². The molecular formula is H2Na2O8S3. The molecule has 0 saturated carbocycles. The molecule has 0 aliphatic heterocycles. The van der Waals surface area contributed by atoms with E-state index < -0.39 is 34.1 Å². The van der Waals surface area contributed by atoms with Crippen molar-refractivity contribution in [2.45, 2.75) is 0 Å². The fourth-order valence-corrected chi connectivity index (χ4v) is 0.408. The van der Waals surface area contributed by atoms with Gasteiger partial charge in [-0.1, -0.05) is 0 Å². The Morgan fingerprint density at radius 2 is 1.08 bits per heavy atom. The number of rotatable bonds is 2. The van der Waals surface area contributed by atoms with Crippen molar-refractivity contribution in [2.75, 3.05) is 0 Å². The molecule has 0 aromatic heterocycles. The first-order valence-electron chi connectivity index (χ1n) is 1.53. The van der Waals surface area contributed by atoms with Crippen LogP contribution in [0.2, 0.25) is 0 Å². The maximum Gasteiger partial charge on any atom is 1.00 e. The van der Waals surface area contributed by atoms with Crippen LogP contribution in [0.1, 0.15) is 0 Å². The SMILES string of the molecule is O=S(O)O.O=S([O-])OS(=O)[O-].[Na+].[Na+]. The first kappa shape index (κ1) is 24.5. The van der Waals surface area contributed by atoms with Crippen molar-refractivity contribution in [2.24, 2.45) is 0 Å². The maximum absolute atomic E-state index is 9.19. The van der Waals surface area contributed by atoms with Crippen LogP contribution >= 0.6 is 0 Å². The zero-order chi connectivity index (χ0) is 9.44. The summed E-state index contributed by atoms with van der Waals surface area (Å²) in [6, 6.07) is 0. The van der Waals surface area contributed by atoms with Gasteiger partial charge in [-0.2, -0.15) is 4.21 Å². The second-order valence-corrected chi connectivity index (χ2v) is 2.53. The molecule has 0 heterocycles. The van der Waals surface area contributed by atoms with Gasteiger partial charge in [0, 0.05) is 0 Å². The van der Waals surface area contributed by atoms with Gasteiger partial charge < -0.3 is 9.11 Å². The van der Waals surface area contributed by atoms with Crippen LogP contribution in [0.4, 0.5) is 0 Å². The van der Waals surface area contributed by atoms with Crippen molar-refractivity contribution in [3.05, 3.63) is 0 Å². The molecule has 0 rings (SSSR count). The summed E-state index contributed by atoms with van der Waals surface area (Å²) in [7, 11) is 0. The van der Waals surface area contributed by atoms with Crippen LogP contribution in [0.25, 0.3) is 0 Å². The van der Waals surface area contributed by atoms with Crippen LogP contribution in [0.3, 0.4) is 0 Å². The third-order valence-corrected chi connectivity index (χ3v) is 1.00. The van der Waals surface area contributed by atoms with Gasteiger partial charge in [0.25, 0.3) is 11.4 Å². The Balaban J connectivity index is -0.0000000600. The molecule has 0 bridgehead atoms. The molecule has 0 spiro atoms. The fourth-order valence-electron chi connectivity index (χ4n) is 0.0454. The molecule has 2 N–H and O–H groups in total. The molecule has 0 aromatic rings. The second-order valence-electron chi connectivity index (χ2n) is 0.707. The molecule has 0 saturated heterocycles. The minimum Gasteiger partial charge on any atom is -0.749 e. The van der Waals surface area contributed by atoms with Crippen LogP contribution in [0, 0.1) is 0 Å². The minimum atomic E-state index is -2.96. The molecule has 13 heteroatoms. The van der Waals surface area contributed by atoms with Gasteiger partial charge >= 0.3 is 59.1 Å². The molecule has 0 atom stereocenters. The van der Waals surface area contributed by atoms with E-state index in [4.69, 9.17) is 13.3 Å². The van der Waals surface area contributed by atoms with Crippen molar-refractivity contribution >= 4 is 34.1 Å². The summed E-state index contributed by atoms with van der Waals surface area (Å²) in [4.78, 5) is 0. The van der Waals surface area contributed by atoms with Crippen molar-refractivity contribution in [3.63, 3.8) is 0 Å². The molecule has 0 radical (unpaired) electrons. The van der Waals surface area contributed by atoms with E-state index in [-0.39, 0.29) is 59.1 Å². The first-order chi connectivity index (χ1) is 4.86. The summed E-state index contributed by atoms with van der Waals surface area (Å²) >= 11 is -8.53. The van der Waals surface area contributed by atoms with Gasteiger partial charge in [0.15, 0.2) is 0 Å². The van der Waals surface area contributed by atoms with E-state index in [0.29, 0.717) is 0 Å². The largest absolute Gasteiger partial charge is 1.00 e. The zero-order valence-corrected chi connectivity index (χ0v) is 13.0. The smallest absolute Gasteiger partial charge is 0.749 e. The van der Waals surface area contributed by atoms with Gasteiger partial charge in [0.05, 0.1) is 22.7 Å². The molecule has 13 heavy (non-hydrogen) atoms. The number of hydrogen-bond acceptors (Lipinski definition) is 6. The monoisotopic (exact) mass is 272 g/mol. The Hall–Kier alpha value is 2.25. The van der Waals surface area contributed by atoms with Crippen LogP contribution in [-0.2, 0) is 37.7 Å². The van der Waals surface area contributed by atoms with Crippen LogP contribution in [-0.4, -0.2) is 30.8 Å². The van der Waals surface area contributed by atoms with Gasteiger partial charge in [-0.3, -0.25) is 9.11 Å². The van der Waals surface area contributed by atoms with E-state index >= 15 is 0 Å². The standard InChI is InChI=1S/2Na.H2O5S2.H2O3S/c;;1-6(2)5-7(3)4;1-4(2)3/h;;(H,1,2)(H,3,4);(H2,1,2,3)/q2*+1;;/p-2. The van der Waals surface area contributed by atoms with E-state index in [0.717, 1.165) is 0 Å². The summed E-state index contributed by atoms with van der Waals surface area (Å²) in [5.41, 5.74) is 0. The summed E-state index contributed by atoms with van der Waals surface area (Å²) < 4.78 is 62.7. The van der Waals surface area contributed by atoms with E-state index in [1.807, 2.05) is 0 Å². The average Bonchev–Trinajstić information content (AvgIpc) is 1.56. The molecule has 0 aromatic carbocycles. The molecule has 0 aliphatic carbocycles. The molecule has 0 unspecified atom stereocenters. The molecule has 0 fully saturated rings. The topological polar surface area (TPSA) is 147 Å². The van der Waals surface area contributed by atoms with E-state index in [2.05, 4.69) is 3.63 Å². The normalized spacial score (nSPS) is 12.7. The molecule has 0 aliphatic rings. The Labute approximate surface area is 126 Å². The first-order valence-corrected chi connectivity index (χ1v) is 4.60. The van der Waals surface area contributed by atoms with E-state index in [1.165, 1.54) is 0 Å². The summed E-state index contributed by atoms with van der Waals surface area (Å²) in [5, 5.41) is 0. The number of hydrogen-bond donors (Lipinski definition) is 2. The van der Waals surface area contributed by atoms with Crippen LogP contribution in [0.5, 0.6) is 0 Å². The average molecular weight is 272 g/mol. The predicted molar refractivity (Wildman–Crippen MR) is 32.3 cm³/mol. The van der Waals surface area contributed by atoms with Crippen LogP contribution in [0.15, 0.2) is 0 Å². The Kier molecular flexibility index (Phi) is 31.4. The van der Waals surface area contributed by atoms with E-state index in [1.54, 1.807) is 0 Å². The van der Waals surface area contributed by atoms with Crippen molar-refractivity contribution in [3.8, 4) is 0 Å². The van der Waals surface area contributed by atoms with Gasteiger partial charge in [-0.05, 0) is 0 Å². The van der Waals surface area contributed by atoms with Gasteiger partial charge in [-0.15, -0.1) is 0 Å². The molecule has 8 nitrogen and oxygen atoms in total. The van der Waals surface area contributed by atoms with Gasteiger partial charge in [0.1, 0.15) is 0 Å². The fraction of sp³-hybridized carbons (Fsp3) is 0. The maximum atomic E-state index is 9.19. The minimum absolute atomic E-state index is 0. The van der Waals surface area contributed by atoms with Crippen molar-refractivity contribution in [1.82, 2.24) is 0 Å². The van der Waals surface area contributed by atoms with Crippen LogP contribution < -0.4 is 59.1 Å². The van der Waals surface area contributed by atoms with Crippen molar-refractivity contribution < 1.29 is 93.6 Å². The zero-order valence-electron chi connectivity index (χ0n) is 6.57. The van der Waals surface area contributed by atoms with Gasteiger partial charge in [0.2, 0.25) is 0 Å². The second kappa shape index (κ2) is 16.7. The molecule has 0 amide bonds. The molecular weight excluding hydrogens is 270 g/mol. The van der Waals surface area contributed by atoms with E-state index in [9.17, 15) is 17.5 Å². The third-order valence-electron chi connectivity index (χ3n) is 0.111. The predicted octanol–water partition coefficient (Wildman–Crippen LogP) is -7.72. The third kappa shape index (κ3) is 54.7. The summed E-state index contributed by atoms with van der Waals surface area (Å²) in [6.07, 6.45) is 0.